The first-order valence-corrected chi connectivity index (χ1v) is 4.39. The molecule has 0 aliphatic carbocycles. The Morgan fingerprint density at radius 2 is 2.00 bits per heavy atom. The summed E-state index contributed by atoms with van der Waals surface area (Å²) in [5, 5.41) is 18.1. The van der Waals surface area contributed by atoms with Gasteiger partial charge in [0.1, 0.15) is 0 Å². The number of nitriles is 1. The first kappa shape index (κ1) is 10.0. The molecule has 0 fully saturated rings. The number of benzene rings is 1. The third kappa shape index (κ3) is 3.06. The van der Waals surface area contributed by atoms with E-state index in [1.807, 2.05) is 18.2 Å². The molecule has 1 N–H and O–H groups in total. The van der Waals surface area contributed by atoms with E-state index in [0.29, 0.717) is 11.4 Å². The third-order valence-electron chi connectivity index (χ3n) is 1.80. The number of aliphatic hydroxyl groups excluding tert-OH is 1. The lowest BCUT2D eigenvalue weighted by Crippen LogP contribution is -2.06. The third-order valence-corrected chi connectivity index (χ3v) is 2.05. The normalized spacial score (nSPS) is 12.1. The Labute approximate surface area is 82.4 Å². The van der Waals surface area contributed by atoms with Crippen molar-refractivity contribution in [2.75, 3.05) is 6.61 Å². The minimum atomic E-state index is -0.318. The zero-order chi connectivity index (χ0) is 9.68. The van der Waals surface area contributed by atoms with E-state index in [1.165, 1.54) is 0 Å². The standard InChI is InChI=1S/C10H10ClNO/c11-10-3-1-8(2-4-10)5-9(6-12)7-13/h1-4,9,13H,5,7H2/t9-/m1/s1. The average Bonchev–Trinajstić information content (AvgIpc) is 2.17. The van der Waals surface area contributed by atoms with Gasteiger partial charge in [-0.1, -0.05) is 23.7 Å². The molecule has 0 saturated carbocycles. The van der Waals surface area contributed by atoms with E-state index in [2.05, 4.69) is 0 Å². The van der Waals surface area contributed by atoms with E-state index in [4.69, 9.17) is 22.0 Å². The van der Waals surface area contributed by atoms with Crippen molar-refractivity contribution in [2.24, 2.45) is 5.92 Å². The summed E-state index contributed by atoms with van der Waals surface area (Å²) in [7, 11) is 0. The number of nitrogens with zero attached hydrogens (tertiary/aromatic N) is 1. The van der Waals surface area contributed by atoms with Crippen LogP contribution in [0.3, 0.4) is 0 Å². The maximum Gasteiger partial charge on any atom is 0.0734 e. The fraction of sp³-hybridized carbons (Fsp3) is 0.300. The largest absolute Gasteiger partial charge is 0.395 e. The van der Waals surface area contributed by atoms with Gasteiger partial charge in [-0.2, -0.15) is 5.26 Å². The summed E-state index contributed by atoms with van der Waals surface area (Å²) in [5.74, 6) is -0.318. The minimum Gasteiger partial charge on any atom is -0.395 e. The van der Waals surface area contributed by atoms with Gasteiger partial charge >= 0.3 is 0 Å². The lowest BCUT2D eigenvalue weighted by molar-refractivity contribution is 0.255. The van der Waals surface area contributed by atoms with E-state index >= 15 is 0 Å². The zero-order valence-electron chi connectivity index (χ0n) is 7.07. The van der Waals surface area contributed by atoms with Crippen LogP contribution < -0.4 is 0 Å². The quantitative estimate of drug-likeness (QED) is 0.802. The smallest absolute Gasteiger partial charge is 0.0734 e. The van der Waals surface area contributed by atoms with Crippen molar-refractivity contribution < 1.29 is 5.11 Å². The first-order valence-electron chi connectivity index (χ1n) is 4.01. The first-order chi connectivity index (χ1) is 6.26. The highest BCUT2D eigenvalue weighted by molar-refractivity contribution is 6.30. The van der Waals surface area contributed by atoms with E-state index < -0.39 is 0 Å². The molecular formula is C10H10ClNO. The lowest BCUT2D eigenvalue weighted by atomic mass is 10.0. The summed E-state index contributed by atoms with van der Waals surface area (Å²) in [6.07, 6.45) is 0.574. The highest BCUT2D eigenvalue weighted by atomic mass is 35.5. The molecule has 0 aliphatic rings. The van der Waals surface area contributed by atoms with Gasteiger partial charge < -0.3 is 5.11 Å². The van der Waals surface area contributed by atoms with Crippen molar-refractivity contribution in [3.63, 3.8) is 0 Å². The van der Waals surface area contributed by atoms with Crippen LogP contribution in [0, 0.1) is 17.2 Å². The van der Waals surface area contributed by atoms with Crippen LogP contribution in [-0.4, -0.2) is 11.7 Å². The van der Waals surface area contributed by atoms with Gasteiger partial charge in [0, 0.05) is 5.02 Å². The molecule has 1 rings (SSSR count). The van der Waals surface area contributed by atoms with Crippen LogP contribution in [0.25, 0.3) is 0 Å². The summed E-state index contributed by atoms with van der Waals surface area (Å²) in [4.78, 5) is 0. The zero-order valence-corrected chi connectivity index (χ0v) is 7.83. The number of aliphatic hydroxyl groups is 1. The second kappa shape index (κ2) is 4.86. The molecule has 0 radical (unpaired) electrons. The van der Waals surface area contributed by atoms with Gasteiger partial charge in [0.15, 0.2) is 0 Å². The molecular weight excluding hydrogens is 186 g/mol. The van der Waals surface area contributed by atoms with Crippen LogP contribution >= 0.6 is 11.6 Å². The molecule has 0 aliphatic heterocycles. The topological polar surface area (TPSA) is 44.0 Å². The molecule has 0 bridgehead atoms. The molecule has 3 heteroatoms. The number of halogens is 1. The fourth-order valence-electron chi connectivity index (χ4n) is 1.06. The van der Waals surface area contributed by atoms with Crippen LogP contribution in [0.2, 0.25) is 5.02 Å². The van der Waals surface area contributed by atoms with Gasteiger partial charge in [-0.05, 0) is 24.1 Å². The number of hydrogen-bond acceptors (Lipinski definition) is 2. The summed E-state index contributed by atoms with van der Waals surface area (Å²) >= 11 is 5.70. The number of hydrogen-bond donors (Lipinski definition) is 1. The van der Waals surface area contributed by atoms with E-state index in [1.54, 1.807) is 12.1 Å². The van der Waals surface area contributed by atoms with Crippen LogP contribution in [-0.2, 0) is 6.42 Å². The van der Waals surface area contributed by atoms with Crippen LogP contribution in [0.4, 0.5) is 0 Å². The van der Waals surface area contributed by atoms with Crippen molar-refractivity contribution in [2.45, 2.75) is 6.42 Å². The molecule has 2 nitrogen and oxygen atoms in total. The van der Waals surface area contributed by atoms with Gasteiger partial charge in [0.25, 0.3) is 0 Å². The van der Waals surface area contributed by atoms with E-state index in [9.17, 15) is 0 Å². The molecule has 0 heterocycles. The Hall–Kier alpha value is -1.04. The highest BCUT2D eigenvalue weighted by Gasteiger charge is 2.06. The van der Waals surface area contributed by atoms with E-state index in [0.717, 1.165) is 5.56 Å². The van der Waals surface area contributed by atoms with E-state index in [-0.39, 0.29) is 12.5 Å². The molecule has 1 aromatic rings. The highest BCUT2D eigenvalue weighted by Crippen LogP contribution is 2.12. The molecule has 0 unspecified atom stereocenters. The van der Waals surface area contributed by atoms with Crippen molar-refractivity contribution in [1.29, 1.82) is 5.26 Å². The predicted molar refractivity (Wildman–Crippen MR) is 51.3 cm³/mol. The maximum atomic E-state index is 8.79. The second-order valence-electron chi connectivity index (χ2n) is 2.84. The van der Waals surface area contributed by atoms with Crippen LogP contribution in [0.5, 0.6) is 0 Å². The van der Waals surface area contributed by atoms with Crippen molar-refractivity contribution in [3.05, 3.63) is 34.9 Å². The van der Waals surface area contributed by atoms with Crippen molar-refractivity contribution in [3.8, 4) is 6.07 Å². The Bertz CT molecular complexity index is 302. The Balaban J connectivity index is 2.64. The molecule has 0 spiro atoms. The van der Waals surface area contributed by atoms with Crippen molar-refractivity contribution >= 4 is 11.6 Å². The molecule has 0 amide bonds. The molecule has 0 saturated heterocycles. The summed E-state index contributed by atoms with van der Waals surface area (Å²) in [6.45, 7) is -0.0981. The molecule has 0 aromatic heterocycles. The summed E-state index contributed by atoms with van der Waals surface area (Å²) in [5.41, 5.74) is 1.02. The van der Waals surface area contributed by atoms with Gasteiger partial charge in [-0.3, -0.25) is 0 Å². The Kier molecular flexibility index (Phi) is 3.75. The van der Waals surface area contributed by atoms with Gasteiger partial charge in [-0.25, -0.2) is 0 Å². The van der Waals surface area contributed by atoms with Crippen LogP contribution in [0.15, 0.2) is 24.3 Å². The molecule has 68 valence electrons. The molecule has 1 atom stereocenters. The lowest BCUT2D eigenvalue weighted by Gasteiger charge is -2.04. The van der Waals surface area contributed by atoms with Crippen LogP contribution in [0.1, 0.15) is 5.56 Å². The molecule has 1 aromatic carbocycles. The molecule has 13 heavy (non-hydrogen) atoms. The monoisotopic (exact) mass is 195 g/mol. The van der Waals surface area contributed by atoms with Gasteiger partial charge in [-0.15, -0.1) is 0 Å². The minimum absolute atomic E-state index is 0.0981. The Morgan fingerprint density at radius 1 is 1.38 bits per heavy atom. The average molecular weight is 196 g/mol. The summed E-state index contributed by atoms with van der Waals surface area (Å²) in [6, 6.07) is 9.32. The number of rotatable bonds is 3. The van der Waals surface area contributed by atoms with Crippen molar-refractivity contribution in [1.82, 2.24) is 0 Å². The van der Waals surface area contributed by atoms with Gasteiger partial charge in [0.05, 0.1) is 18.6 Å². The second-order valence-corrected chi connectivity index (χ2v) is 3.28. The maximum absolute atomic E-state index is 8.79. The Morgan fingerprint density at radius 3 is 2.46 bits per heavy atom. The fourth-order valence-corrected chi connectivity index (χ4v) is 1.18. The summed E-state index contributed by atoms with van der Waals surface area (Å²) < 4.78 is 0. The predicted octanol–water partition coefficient (Wildman–Crippen LogP) is 2.01. The SMILES string of the molecule is N#C[C@H](CO)Cc1ccc(Cl)cc1. The van der Waals surface area contributed by atoms with Gasteiger partial charge in [0.2, 0.25) is 0 Å².